The number of hydrogen-bond donors (Lipinski definition) is 1. The molecule has 2 N–H and O–H groups in total. The molecular weight excluding hydrogens is 241 g/mol. The largest absolute Gasteiger partial charge is 0.324 e. The van der Waals surface area contributed by atoms with Gasteiger partial charge >= 0.3 is 0 Å². The van der Waals surface area contributed by atoms with E-state index in [1.165, 1.54) is 12.1 Å². The quantitative estimate of drug-likeness (QED) is 0.782. The van der Waals surface area contributed by atoms with Crippen molar-refractivity contribution < 1.29 is 4.39 Å². The second-order valence-electron chi connectivity index (χ2n) is 4.43. The lowest BCUT2D eigenvalue weighted by atomic mass is 10.2. The van der Waals surface area contributed by atoms with Crippen LogP contribution in [0.5, 0.6) is 0 Å². The first-order chi connectivity index (χ1) is 9.28. The fourth-order valence-corrected chi connectivity index (χ4v) is 2.23. The van der Waals surface area contributed by atoms with Crippen LogP contribution in [0.25, 0.3) is 11.0 Å². The second-order valence-corrected chi connectivity index (χ2v) is 4.43. The van der Waals surface area contributed by atoms with Crippen molar-refractivity contribution in [1.29, 1.82) is 0 Å². The third kappa shape index (κ3) is 2.22. The minimum atomic E-state index is -0.224. The Balaban J connectivity index is 2.06. The molecule has 0 spiro atoms. The molecule has 4 heteroatoms. The van der Waals surface area contributed by atoms with Crippen molar-refractivity contribution in [3.63, 3.8) is 0 Å². The summed E-state index contributed by atoms with van der Waals surface area (Å²) in [5.41, 5.74) is 8.76. The van der Waals surface area contributed by atoms with E-state index in [-0.39, 0.29) is 5.82 Å². The van der Waals surface area contributed by atoms with Crippen molar-refractivity contribution in [2.45, 2.75) is 13.1 Å². The zero-order valence-electron chi connectivity index (χ0n) is 10.4. The maximum Gasteiger partial charge on any atom is 0.123 e. The predicted molar refractivity (Wildman–Crippen MR) is 73.1 cm³/mol. The maximum absolute atomic E-state index is 12.9. The predicted octanol–water partition coefficient (Wildman–Crippen LogP) is 2.68. The van der Waals surface area contributed by atoms with Crippen LogP contribution in [0.1, 0.15) is 11.4 Å². The van der Waals surface area contributed by atoms with Crippen molar-refractivity contribution in [2.24, 2.45) is 5.73 Å². The maximum atomic E-state index is 12.9. The van der Waals surface area contributed by atoms with Gasteiger partial charge in [0.15, 0.2) is 0 Å². The number of hydrogen-bond acceptors (Lipinski definition) is 2. The Bertz CT molecular complexity index is 701. The van der Waals surface area contributed by atoms with Crippen LogP contribution in [0, 0.1) is 5.82 Å². The number of aromatic nitrogens is 2. The number of imidazole rings is 1. The fraction of sp³-hybridized carbons (Fsp3) is 0.133. The van der Waals surface area contributed by atoms with Crippen LogP contribution in [-0.4, -0.2) is 9.55 Å². The summed E-state index contributed by atoms with van der Waals surface area (Å²) in [6, 6.07) is 14.4. The van der Waals surface area contributed by atoms with Gasteiger partial charge in [0.25, 0.3) is 0 Å². The van der Waals surface area contributed by atoms with Crippen LogP contribution in [0.3, 0.4) is 0 Å². The number of benzene rings is 2. The van der Waals surface area contributed by atoms with E-state index in [0.29, 0.717) is 13.1 Å². The molecule has 3 nitrogen and oxygen atoms in total. The summed E-state index contributed by atoms with van der Waals surface area (Å²) in [5.74, 6) is 0.615. The number of fused-ring (bicyclic) bond motifs is 1. The summed E-state index contributed by atoms with van der Waals surface area (Å²) in [5, 5.41) is 0. The van der Waals surface area contributed by atoms with Gasteiger partial charge in [0, 0.05) is 6.54 Å². The molecule has 0 aliphatic carbocycles. The molecule has 0 fully saturated rings. The summed E-state index contributed by atoms with van der Waals surface area (Å²) in [7, 11) is 0. The van der Waals surface area contributed by atoms with Gasteiger partial charge in [-0.05, 0) is 29.8 Å². The van der Waals surface area contributed by atoms with Crippen LogP contribution in [0.2, 0.25) is 0 Å². The Labute approximate surface area is 110 Å². The molecule has 0 bridgehead atoms. The summed E-state index contributed by atoms with van der Waals surface area (Å²) in [6.07, 6.45) is 0. The van der Waals surface area contributed by atoms with E-state index in [1.54, 1.807) is 12.1 Å². The summed E-state index contributed by atoms with van der Waals surface area (Å²) in [6.45, 7) is 1.03. The van der Waals surface area contributed by atoms with Crippen LogP contribution in [-0.2, 0) is 13.1 Å². The van der Waals surface area contributed by atoms with Crippen molar-refractivity contribution >= 4 is 11.0 Å². The van der Waals surface area contributed by atoms with Crippen LogP contribution in [0.15, 0.2) is 48.5 Å². The fourth-order valence-electron chi connectivity index (χ4n) is 2.23. The zero-order valence-corrected chi connectivity index (χ0v) is 10.4. The standard InChI is InChI=1S/C15H14FN3/c16-12-7-5-11(6-8-12)10-19-14-4-2-1-3-13(14)18-15(19)9-17/h1-8H,9-10,17H2. The lowest BCUT2D eigenvalue weighted by Gasteiger charge is -2.08. The monoisotopic (exact) mass is 255 g/mol. The van der Waals surface area contributed by atoms with Crippen LogP contribution in [0.4, 0.5) is 4.39 Å². The normalized spacial score (nSPS) is 11.1. The van der Waals surface area contributed by atoms with Gasteiger partial charge in [-0.1, -0.05) is 24.3 Å². The van der Waals surface area contributed by atoms with Crippen molar-refractivity contribution in [3.05, 3.63) is 65.7 Å². The first-order valence-corrected chi connectivity index (χ1v) is 6.16. The molecule has 0 aliphatic heterocycles. The minimum Gasteiger partial charge on any atom is -0.324 e. The Hall–Kier alpha value is -2.20. The molecule has 0 saturated heterocycles. The first-order valence-electron chi connectivity index (χ1n) is 6.16. The number of para-hydroxylation sites is 2. The Morgan fingerprint density at radius 1 is 1.05 bits per heavy atom. The molecule has 2 aromatic carbocycles. The van der Waals surface area contributed by atoms with Gasteiger partial charge in [0.1, 0.15) is 11.6 Å². The van der Waals surface area contributed by atoms with Gasteiger partial charge < -0.3 is 10.3 Å². The van der Waals surface area contributed by atoms with Gasteiger partial charge in [-0.25, -0.2) is 9.37 Å². The minimum absolute atomic E-state index is 0.224. The summed E-state index contributed by atoms with van der Waals surface area (Å²) >= 11 is 0. The molecule has 19 heavy (non-hydrogen) atoms. The molecule has 0 radical (unpaired) electrons. The van der Waals surface area contributed by atoms with E-state index in [0.717, 1.165) is 22.4 Å². The smallest absolute Gasteiger partial charge is 0.123 e. The molecule has 1 aromatic heterocycles. The van der Waals surface area contributed by atoms with Gasteiger partial charge in [-0.15, -0.1) is 0 Å². The van der Waals surface area contributed by atoms with Crippen LogP contribution < -0.4 is 5.73 Å². The van der Waals surface area contributed by atoms with E-state index in [4.69, 9.17) is 5.73 Å². The van der Waals surface area contributed by atoms with E-state index in [9.17, 15) is 4.39 Å². The first kappa shape index (κ1) is 11.9. The molecule has 3 rings (SSSR count). The third-order valence-corrected chi connectivity index (χ3v) is 3.17. The van der Waals surface area contributed by atoms with Crippen molar-refractivity contribution in [2.75, 3.05) is 0 Å². The number of rotatable bonds is 3. The molecule has 96 valence electrons. The highest BCUT2D eigenvalue weighted by Crippen LogP contribution is 2.17. The van der Waals surface area contributed by atoms with Crippen molar-refractivity contribution in [3.8, 4) is 0 Å². The number of halogens is 1. The zero-order chi connectivity index (χ0) is 13.2. The molecule has 0 atom stereocenters. The number of nitrogens with zero attached hydrogens (tertiary/aromatic N) is 2. The molecule has 0 aliphatic rings. The average Bonchev–Trinajstić information content (AvgIpc) is 2.79. The van der Waals surface area contributed by atoms with E-state index < -0.39 is 0 Å². The van der Waals surface area contributed by atoms with E-state index in [2.05, 4.69) is 9.55 Å². The molecule has 1 heterocycles. The van der Waals surface area contributed by atoms with Crippen molar-refractivity contribution in [1.82, 2.24) is 9.55 Å². The Kier molecular flexibility index (Phi) is 3.01. The lowest BCUT2D eigenvalue weighted by Crippen LogP contribution is -2.09. The highest BCUT2D eigenvalue weighted by atomic mass is 19.1. The Morgan fingerprint density at radius 3 is 2.53 bits per heavy atom. The molecular formula is C15H14FN3. The molecule has 0 unspecified atom stereocenters. The average molecular weight is 255 g/mol. The summed E-state index contributed by atoms with van der Waals surface area (Å²) in [4.78, 5) is 4.51. The van der Waals surface area contributed by atoms with Gasteiger partial charge in [0.2, 0.25) is 0 Å². The van der Waals surface area contributed by atoms with Gasteiger partial charge in [-0.3, -0.25) is 0 Å². The summed E-state index contributed by atoms with van der Waals surface area (Å²) < 4.78 is 15.0. The lowest BCUT2D eigenvalue weighted by molar-refractivity contribution is 0.626. The molecule has 3 aromatic rings. The van der Waals surface area contributed by atoms with E-state index >= 15 is 0 Å². The van der Waals surface area contributed by atoms with Gasteiger partial charge in [0.05, 0.1) is 17.6 Å². The highest BCUT2D eigenvalue weighted by molar-refractivity contribution is 5.76. The molecule has 0 amide bonds. The van der Waals surface area contributed by atoms with Crippen LogP contribution >= 0.6 is 0 Å². The van der Waals surface area contributed by atoms with Gasteiger partial charge in [-0.2, -0.15) is 0 Å². The SMILES string of the molecule is NCc1nc2ccccc2n1Cc1ccc(F)cc1. The third-order valence-electron chi connectivity index (χ3n) is 3.17. The highest BCUT2D eigenvalue weighted by Gasteiger charge is 2.09. The second kappa shape index (κ2) is 4.82. The topological polar surface area (TPSA) is 43.8 Å². The molecule has 0 saturated carbocycles. The van der Waals surface area contributed by atoms with E-state index in [1.807, 2.05) is 24.3 Å². The number of nitrogens with two attached hydrogens (primary N) is 1. The Morgan fingerprint density at radius 2 is 1.79 bits per heavy atom.